The molecule has 0 aromatic carbocycles. The van der Waals surface area contributed by atoms with E-state index in [0.717, 1.165) is 31.4 Å². The van der Waals surface area contributed by atoms with Crippen molar-refractivity contribution in [2.24, 2.45) is 13.0 Å². The molecular weight excluding hydrogens is 358 g/mol. The molecule has 0 radical (unpaired) electrons. The number of amides is 3. The number of anilines is 1. The smallest absolute Gasteiger partial charge is 0.323 e. The summed E-state index contributed by atoms with van der Waals surface area (Å²) in [5, 5.41) is 7.49. The molecule has 0 bridgehead atoms. The molecule has 8 nitrogen and oxygen atoms in total. The average Bonchev–Trinajstić information content (AvgIpc) is 2.93. The summed E-state index contributed by atoms with van der Waals surface area (Å²) in [4.78, 5) is 29.2. The van der Waals surface area contributed by atoms with Crippen LogP contribution in [-0.2, 0) is 16.6 Å². The highest BCUT2D eigenvalue weighted by Gasteiger charge is 2.28. The molecule has 0 saturated carbocycles. The summed E-state index contributed by atoms with van der Waals surface area (Å²) in [5.74, 6) is 1.36. The maximum atomic E-state index is 12.8. The number of aryl methyl sites for hydroxylation is 1. The lowest BCUT2D eigenvalue weighted by Gasteiger charge is -2.28. The number of rotatable bonds is 4. The molecule has 1 atom stereocenters. The quantitative estimate of drug-likeness (QED) is 0.855. The van der Waals surface area contributed by atoms with E-state index in [-0.39, 0.29) is 17.9 Å². The molecule has 3 amide bonds. The Morgan fingerprint density at radius 2 is 1.89 bits per heavy atom. The highest BCUT2D eigenvalue weighted by Crippen LogP contribution is 2.21. The molecule has 8 heteroatoms. The van der Waals surface area contributed by atoms with Gasteiger partial charge >= 0.3 is 6.03 Å². The minimum atomic E-state index is -0.126. The number of aromatic nitrogens is 2. The Labute approximate surface area is 167 Å². The fraction of sp³-hybridized carbons (Fsp3) is 0.750. The van der Waals surface area contributed by atoms with Gasteiger partial charge in [-0.05, 0) is 25.7 Å². The number of nitrogens with zero attached hydrogens (tertiary/aromatic N) is 4. The summed E-state index contributed by atoms with van der Waals surface area (Å²) >= 11 is 0. The second kappa shape index (κ2) is 9.41. The SMILES string of the molecule is CCC(C)c1cc(NC(=O)N2CCCN(C(=O)C3CCOCC3)CC2)n(C)n1. The number of nitrogens with one attached hydrogen (secondary N) is 1. The van der Waals surface area contributed by atoms with E-state index in [1.807, 2.05) is 18.0 Å². The van der Waals surface area contributed by atoms with Gasteiger partial charge in [-0.3, -0.25) is 14.8 Å². The maximum Gasteiger partial charge on any atom is 0.323 e. The summed E-state index contributed by atoms with van der Waals surface area (Å²) in [6, 6.07) is 1.82. The van der Waals surface area contributed by atoms with Gasteiger partial charge < -0.3 is 14.5 Å². The fourth-order valence-electron chi connectivity index (χ4n) is 3.79. The molecule has 1 unspecified atom stereocenters. The number of carbonyl (C=O) groups is 2. The van der Waals surface area contributed by atoms with Crippen LogP contribution in [0.5, 0.6) is 0 Å². The molecule has 0 spiro atoms. The Morgan fingerprint density at radius 3 is 2.61 bits per heavy atom. The summed E-state index contributed by atoms with van der Waals surface area (Å²) in [6.45, 7) is 8.10. The van der Waals surface area contributed by atoms with Crippen molar-refractivity contribution >= 4 is 17.8 Å². The first-order valence-corrected chi connectivity index (χ1v) is 10.5. The van der Waals surface area contributed by atoms with Gasteiger partial charge in [-0.1, -0.05) is 13.8 Å². The number of hydrogen-bond donors (Lipinski definition) is 1. The highest BCUT2D eigenvalue weighted by atomic mass is 16.5. The normalized spacial score (nSPS) is 20.0. The Balaban J connectivity index is 1.55. The molecule has 1 N–H and O–H groups in total. The van der Waals surface area contributed by atoms with Gasteiger partial charge in [-0.25, -0.2) is 4.79 Å². The average molecular weight is 392 g/mol. The Morgan fingerprint density at radius 1 is 1.21 bits per heavy atom. The molecule has 3 heterocycles. The van der Waals surface area contributed by atoms with Crippen molar-refractivity contribution in [3.05, 3.63) is 11.8 Å². The van der Waals surface area contributed by atoms with Crippen molar-refractivity contribution < 1.29 is 14.3 Å². The minimum Gasteiger partial charge on any atom is -0.381 e. The van der Waals surface area contributed by atoms with E-state index in [2.05, 4.69) is 24.3 Å². The number of carbonyl (C=O) groups excluding carboxylic acids is 2. The molecule has 2 fully saturated rings. The van der Waals surface area contributed by atoms with Gasteiger partial charge in [-0.2, -0.15) is 5.10 Å². The van der Waals surface area contributed by atoms with Gasteiger partial charge in [0.1, 0.15) is 5.82 Å². The van der Waals surface area contributed by atoms with Crippen LogP contribution in [-0.4, -0.2) is 70.9 Å². The first-order chi connectivity index (χ1) is 13.5. The molecule has 1 aromatic rings. The van der Waals surface area contributed by atoms with Gasteiger partial charge in [0.15, 0.2) is 0 Å². The van der Waals surface area contributed by atoms with E-state index in [9.17, 15) is 9.59 Å². The van der Waals surface area contributed by atoms with Crippen LogP contribution in [0.25, 0.3) is 0 Å². The van der Waals surface area contributed by atoms with Gasteiger partial charge in [0.05, 0.1) is 5.69 Å². The predicted molar refractivity (Wildman–Crippen MR) is 107 cm³/mol. The standard InChI is InChI=1S/C20H33N5O3/c1-4-15(2)17-14-18(23(3)22-17)21-20(27)25-9-5-8-24(10-11-25)19(26)16-6-12-28-13-7-16/h14-16H,4-13H2,1-3H3,(H,21,27). The molecule has 2 aliphatic rings. The lowest BCUT2D eigenvalue weighted by atomic mass is 9.98. The lowest BCUT2D eigenvalue weighted by molar-refractivity contribution is -0.138. The zero-order valence-electron chi connectivity index (χ0n) is 17.3. The maximum absolute atomic E-state index is 12.8. The van der Waals surface area contributed by atoms with Gasteiger partial charge in [-0.15, -0.1) is 0 Å². The van der Waals surface area contributed by atoms with Crippen LogP contribution in [0, 0.1) is 5.92 Å². The van der Waals surface area contributed by atoms with Crippen LogP contribution >= 0.6 is 0 Å². The first-order valence-electron chi connectivity index (χ1n) is 10.5. The third kappa shape index (κ3) is 4.84. The monoisotopic (exact) mass is 391 g/mol. The van der Waals surface area contributed by atoms with E-state index in [4.69, 9.17) is 4.74 Å². The van der Waals surface area contributed by atoms with E-state index < -0.39 is 0 Å². The molecule has 1 aromatic heterocycles. The summed E-state index contributed by atoms with van der Waals surface area (Å²) in [6.07, 6.45) is 3.41. The van der Waals surface area contributed by atoms with Crippen molar-refractivity contribution in [3.63, 3.8) is 0 Å². The van der Waals surface area contributed by atoms with Crippen LogP contribution in [0.2, 0.25) is 0 Å². The van der Waals surface area contributed by atoms with Crippen molar-refractivity contribution in [1.29, 1.82) is 0 Å². The molecule has 2 saturated heterocycles. The molecule has 2 aliphatic heterocycles. The summed E-state index contributed by atoms with van der Waals surface area (Å²) in [7, 11) is 1.85. The third-order valence-electron chi connectivity index (χ3n) is 5.92. The molecular formula is C20H33N5O3. The summed E-state index contributed by atoms with van der Waals surface area (Å²) < 4.78 is 7.08. The van der Waals surface area contributed by atoms with Crippen LogP contribution in [0.3, 0.4) is 0 Å². The fourth-order valence-corrected chi connectivity index (χ4v) is 3.79. The number of ether oxygens (including phenoxy) is 1. The molecule has 3 rings (SSSR count). The Bertz CT molecular complexity index is 683. The van der Waals surface area contributed by atoms with Crippen molar-refractivity contribution in [2.45, 2.75) is 45.4 Å². The predicted octanol–water partition coefficient (Wildman–Crippen LogP) is 2.43. The van der Waals surface area contributed by atoms with Crippen molar-refractivity contribution in [2.75, 3.05) is 44.7 Å². The number of hydrogen-bond acceptors (Lipinski definition) is 4. The van der Waals surface area contributed by atoms with Crippen LogP contribution in [0.4, 0.5) is 10.6 Å². The lowest BCUT2D eigenvalue weighted by Crippen LogP contribution is -2.42. The van der Waals surface area contributed by atoms with Crippen molar-refractivity contribution in [1.82, 2.24) is 19.6 Å². The first kappa shape index (κ1) is 20.6. The molecule has 28 heavy (non-hydrogen) atoms. The van der Waals surface area contributed by atoms with Crippen LogP contribution in [0.15, 0.2) is 6.07 Å². The minimum absolute atomic E-state index is 0.0718. The third-order valence-corrected chi connectivity index (χ3v) is 5.92. The summed E-state index contributed by atoms with van der Waals surface area (Å²) in [5.41, 5.74) is 0.990. The van der Waals surface area contributed by atoms with Crippen LogP contribution in [0.1, 0.15) is 51.1 Å². The topological polar surface area (TPSA) is 79.7 Å². The highest BCUT2D eigenvalue weighted by molar-refractivity contribution is 5.88. The molecule has 156 valence electrons. The van der Waals surface area contributed by atoms with Gasteiger partial charge in [0, 0.05) is 64.3 Å². The van der Waals surface area contributed by atoms with E-state index in [1.165, 1.54) is 0 Å². The zero-order valence-corrected chi connectivity index (χ0v) is 17.3. The van der Waals surface area contributed by atoms with Crippen molar-refractivity contribution in [3.8, 4) is 0 Å². The van der Waals surface area contributed by atoms with Gasteiger partial charge in [0.25, 0.3) is 0 Å². The number of urea groups is 1. The molecule has 0 aliphatic carbocycles. The van der Waals surface area contributed by atoms with Crippen LogP contribution < -0.4 is 5.32 Å². The second-order valence-corrected chi connectivity index (χ2v) is 7.87. The zero-order chi connectivity index (χ0) is 20.1. The Hall–Kier alpha value is -2.09. The Kier molecular flexibility index (Phi) is 6.93. The second-order valence-electron chi connectivity index (χ2n) is 7.87. The van der Waals surface area contributed by atoms with Gasteiger partial charge in [0.2, 0.25) is 5.91 Å². The van der Waals surface area contributed by atoms with E-state index in [1.54, 1.807) is 9.58 Å². The van der Waals surface area contributed by atoms with E-state index in [0.29, 0.717) is 51.1 Å². The largest absolute Gasteiger partial charge is 0.381 e. The van der Waals surface area contributed by atoms with E-state index >= 15 is 0 Å².